The van der Waals surface area contributed by atoms with Gasteiger partial charge in [0, 0.05) is 42.0 Å². The summed E-state index contributed by atoms with van der Waals surface area (Å²) in [7, 11) is 0. The zero-order valence-electron chi connectivity index (χ0n) is 13.3. The van der Waals surface area contributed by atoms with Crippen molar-refractivity contribution in [3.8, 4) is 6.07 Å². The third-order valence-electron chi connectivity index (χ3n) is 4.05. The van der Waals surface area contributed by atoms with Gasteiger partial charge in [0.1, 0.15) is 11.7 Å². The van der Waals surface area contributed by atoms with Crippen molar-refractivity contribution in [2.24, 2.45) is 0 Å². The van der Waals surface area contributed by atoms with Gasteiger partial charge in [-0.15, -0.1) is 0 Å². The van der Waals surface area contributed by atoms with Crippen LogP contribution in [0.25, 0.3) is 16.6 Å². The van der Waals surface area contributed by atoms with E-state index in [0.29, 0.717) is 17.1 Å². The number of benzene rings is 1. The Morgan fingerprint density at radius 3 is 3.00 bits per heavy atom. The van der Waals surface area contributed by atoms with E-state index in [1.165, 1.54) is 0 Å². The minimum Gasteiger partial charge on any atom is -0.383 e. The number of halogens is 1. The standard InChI is InChI=1S/C19H14ClN5/c20-14-4-5-17-16(9-14)19(13(10-21)11-23-17)22-7-6-15-12-25-8-2-1-3-18(25)24-15/h1-5,8-9,11-12H,6-7H2,(H,22,23). The van der Waals surface area contributed by atoms with E-state index in [0.717, 1.165) is 34.4 Å². The number of hydrogen-bond donors (Lipinski definition) is 1. The Kier molecular flexibility index (Phi) is 3.96. The molecule has 0 spiro atoms. The molecule has 0 saturated heterocycles. The fraction of sp³-hybridized carbons (Fsp3) is 0.105. The number of fused-ring (bicyclic) bond motifs is 2. The third-order valence-corrected chi connectivity index (χ3v) is 4.28. The molecule has 0 aliphatic heterocycles. The van der Waals surface area contributed by atoms with Crippen molar-refractivity contribution in [1.82, 2.24) is 14.4 Å². The highest BCUT2D eigenvalue weighted by atomic mass is 35.5. The lowest BCUT2D eigenvalue weighted by atomic mass is 10.1. The van der Waals surface area contributed by atoms with Crippen LogP contribution in [0, 0.1) is 11.3 Å². The normalized spacial score (nSPS) is 10.9. The number of pyridine rings is 2. The van der Waals surface area contributed by atoms with E-state index in [1.807, 2.05) is 47.1 Å². The molecule has 122 valence electrons. The van der Waals surface area contributed by atoms with E-state index in [1.54, 1.807) is 12.3 Å². The summed E-state index contributed by atoms with van der Waals surface area (Å²) in [6, 6.07) is 13.6. The predicted octanol–water partition coefficient (Wildman–Crippen LogP) is 4.06. The lowest BCUT2D eigenvalue weighted by Gasteiger charge is -2.11. The Balaban J connectivity index is 1.59. The molecule has 4 rings (SSSR count). The first kappa shape index (κ1) is 15.4. The Hall–Kier alpha value is -3.10. The summed E-state index contributed by atoms with van der Waals surface area (Å²) in [6.45, 7) is 0.657. The van der Waals surface area contributed by atoms with Gasteiger partial charge >= 0.3 is 0 Å². The monoisotopic (exact) mass is 347 g/mol. The predicted molar refractivity (Wildman–Crippen MR) is 98.9 cm³/mol. The van der Waals surface area contributed by atoms with E-state index in [2.05, 4.69) is 21.4 Å². The number of hydrogen-bond acceptors (Lipinski definition) is 4. The largest absolute Gasteiger partial charge is 0.383 e. The number of nitrogens with one attached hydrogen (secondary N) is 1. The van der Waals surface area contributed by atoms with Gasteiger partial charge in [0.25, 0.3) is 0 Å². The summed E-state index contributed by atoms with van der Waals surface area (Å²) in [4.78, 5) is 8.90. The van der Waals surface area contributed by atoms with Crippen LogP contribution in [0.2, 0.25) is 5.02 Å². The molecule has 3 aromatic heterocycles. The topological polar surface area (TPSA) is 66.0 Å². The number of rotatable bonds is 4. The molecule has 0 radical (unpaired) electrons. The summed E-state index contributed by atoms with van der Waals surface area (Å²) in [5.74, 6) is 0. The molecule has 0 bridgehead atoms. The highest BCUT2D eigenvalue weighted by molar-refractivity contribution is 6.31. The lowest BCUT2D eigenvalue weighted by Crippen LogP contribution is -2.07. The minimum absolute atomic E-state index is 0.504. The molecule has 25 heavy (non-hydrogen) atoms. The number of anilines is 1. The molecule has 1 aromatic carbocycles. The fourth-order valence-electron chi connectivity index (χ4n) is 2.86. The van der Waals surface area contributed by atoms with E-state index in [4.69, 9.17) is 11.6 Å². The Morgan fingerprint density at radius 1 is 1.24 bits per heavy atom. The highest BCUT2D eigenvalue weighted by Gasteiger charge is 2.09. The molecule has 0 atom stereocenters. The van der Waals surface area contributed by atoms with Crippen LogP contribution in [0.1, 0.15) is 11.3 Å². The average Bonchev–Trinajstić information content (AvgIpc) is 3.04. The second kappa shape index (κ2) is 6.42. The molecule has 0 amide bonds. The van der Waals surface area contributed by atoms with Crippen LogP contribution in [-0.4, -0.2) is 20.9 Å². The first-order valence-corrected chi connectivity index (χ1v) is 8.27. The number of imidazole rings is 1. The first-order chi connectivity index (χ1) is 12.2. The van der Waals surface area contributed by atoms with Crippen molar-refractivity contribution in [2.75, 3.05) is 11.9 Å². The summed E-state index contributed by atoms with van der Waals surface area (Å²) in [5, 5.41) is 14.2. The minimum atomic E-state index is 0.504. The van der Waals surface area contributed by atoms with E-state index < -0.39 is 0 Å². The van der Waals surface area contributed by atoms with Crippen LogP contribution in [-0.2, 0) is 6.42 Å². The van der Waals surface area contributed by atoms with Gasteiger partial charge in [-0.2, -0.15) is 5.26 Å². The van der Waals surface area contributed by atoms with Gasteiger partial charge in [-0.25, -0.2) is 4.98 Å². The maximum Gasteiger partial charge on any atom is 0.136 e. The third kappa shape index (κ3) is 3.00. The summed E-state index contributed by atoms with van der Waals surface area (Å²) >= 11 is 6.11. The van der Waals surface area contributed by atoms with Gasteiger partial charge in [-0.1, -0.05) is 17.7 Å². The highest BCUT2D eigenvalue weighted by Crippen LogP contribution is 2.28. The molecule has 0 aliphatic carbocycles. The van der Waals surface area contributed by atoms with Crippen molar-refractivity contribution < 1.29 is 0 Å². The van der Waals surface area contributed by atoms with Crippen LogP contribution in [0.3, 0.4) is 0 Å². The van der Waals surface area contributed by atoms with E-state index >= 15 is 0 Å². The molecule has 5 nitrogen and oxygen atoms in total. The maximum atomic E-state index is 9.38. The van der Waals surface area contributed by atoms with Crippen molar-refractivity contribution in [3.63, 3.8) is 0 Å². The van der Waals surface area contributed by atoms with E-state index in [9.17, 15) is 5.26 Å². The number of aromatic nitrogens is 3. The van der Waals surface area contributed by atoms with Crippen LogP contribution in [0.4, 0.5) is 5.69 Å². The smallest absolute Gasteiger partial charge is 0.136 e. The summed E-state index contributed by atoms with van der Waals surface area (Å²) < 4.78 is 2.00. The Labute approximate surface area is 149 Å². The zero-order chi connectivity index (χ0) is 17.2. The molecule has 1 N–H and O–H groups in total. The fourth-order valence-corrected chi connectivity index (χ4v) is 3.04. The molecule has 4 aromatic rings. The maximum absolute atomic E-state index is 9.38. The van der Waals surface area contributed by atoms with Crippen molar-refractivity contribution in [1.29, 1.82) is 5.26 Å². The van der Waals surface area contributed by atoms with Crippen LogP contribution < -0.4 is 5.32 Å². The lowest BCUT2D eigenvalue weighted by molar-refractivity contribution is 0.980. The second-order valence-corrected chi connectivity index (χ2v) is 6.13. The van der Waals surface area contributed by atoms with Gasteiger partial charge in [0.2, 0.25) is 0 Å². The SMILES string of the molecule is N#Cc1cnc2ccc(Cl)cc2c1NCCc1cn2ccccc2n1. The molecule has 6 heteroatoms. The van der Waals surface area contributed by atoms with Gasteiger partial charge < -0.3 is 9.72 Å². The van der Waals surface area contributed by atoms with Crippen molar-refractivity contribution >= 4 is 33.8 Å². The molecule has 0 saturated carbocycles. The number of nitriles is 1. The van der Waals surface area contributed by atoms with Gasteiger partial charge in [-0.05, 0) is 30.3 Å². The Morgan fingerprint density at radius 2 is 2.16 bits per heavy atom. The van der Waals surface area contributed by atoms with E-state index in [-0.39, 0.29) is 0 Å². The van der Waals surface area contributed by atoms with Crippen LogP contribution in [0.5, 0.6) is 0 Å². The second-order valence-electron chi connectivity index (χ2n) is 5.70. The average molecular weight is 348 g/mol. The molecule has 0 aliphatic rings. The molecular weight excluding hydrogens is 334 g/mol. The Bertz CT molecular complexity index is 1080. The van der Waals surface area contributed by atoms with Gasteiger partial charge in [-0.3, -0.25) is 4.98 Å². The quantitative estimate of drug-likeness (QED) is 0.604. The van der Waals surface area contributed by atoms with Gasteiger partial charge in [0.05, 0.1) is 22.5 Å². The summed E-state index contributed by atoms with van der Waals surface area (Å²) in [5.41, 5.74) is 3.99. The molecule has 0 unspecified atom stereocenters. The number of nitrogens with zero attached hydrogens (tertiary/aromatic N) is 4. The molecule has 3 heterocycles. The van der Waals surface area contributed by atoms with Crippen LogP contribution >= 0.6 is 11.6 Å². The van der Waals surface area contributed by atoms with Crippen molar-refractivity contribution in [3.05, 3.63) is 71.3 Å². The molecule has 0 fully saturated rings. The molecular formula is C19H14ClN5. The summed E-state index contributed by atoms with van der Waals surface area (Å²) in [6.07, 6.45) is 6.33. The van der Waals surface area contributed by atoms with Gasteiger partial charge in [0.15, 0.2) is 0 Å². The van der Waals surface area contributed by atoms with Crippen LogP contribution in [0.15, 0.2) is 55.0 Å². The first-order valence-electron chi connectivity index (χ1n) is 7.89. The van der Waals surface area contributed by atoms with Crippen molar-refractivity contribution in [2.45, 2.75) is 6.42 Å². The zero-order valence-corrected chi connectivity index (χ0v) is 14.0.